The maximum Gasteiger partial charge on any atom is 0.158 e. The Bertz CT molecular complexity index is 602. The summed E-state index contributed by atoms with van der Waals surface area (Å²) < 4.78 is 0. The lowest BCUT2D eigenvalue weighted by Gasteiger charge is -2.15. The molecule has 3 nitrogen and oxygen atoms in total. The lowest BCUT2D eigenvalue weighted by atomic mass is 9.96. The number of hydrogen-bond acceptors (Lipinski definition) is 2. The number of carbonyl (C=O) groups is 1. The number of para-hydroxylation sites is 1. The number of fused-ring (bicyclic) bond motifs is 1. The average molecular weight is 256 g/mol. The number of H-pyrrole nitrogens is 1. The largest absolute Gasteiger partial charge is 0.386 e. The van der Waals surface area contributed by atoms with Gasteiger partial charge in [-0.1, -0.05) is 32.0 Å². The van der Waals surface area contributed by atoms with Crippen LogP contribution in [-0.4, -0.2) is 17.8 Å². The third-order valence-corrected chi connectivity index (χ3v) is 3.28. The van der Waals surface area contributed by atoms with Gasteiger partial charge in [0.15, 0.2) is 5.78 Å². The molecule has 100 valence electrons. The Hall–Kier alpha value is -2.03. The molecule has 3 heteroatoms. The number of allylic oxidation sites excluding steroid dienone is 1. The van der Waals surface area contributed by atoms with Crippen LogP contribution >= 0.6 is 0 Å². The van der Waals surface area contributed by atoms with Crippen LogP contribution in [0.25, 0.3) is 16.6 Å². The second-order valence-electron chi connectivity index (χ2n) is 5.02. The zero-order valence-electron chi connectivity index (χ0n) is 11.9. The molecule has 0 aliphatic carbocycles. The average Bonchev–Trinajstić information content (AvgIpc) is 2.77. The Morgan fingerprint density at radius 3 is 2.47 bits per heavy atom. The first kappa shape index (κ1) is 13.4. The van der Waals surface area contributed by atoms with Crippen molar-refractivity contribution in [2.24, 2.45) is 5.92 Å². The predicted octanol–water partition coefficient (Wildman–Crippen LogP) is 3.34. The van der Waals surface area contributed by atoms with Gasteiger partial charge < -0.3 is 10.3 Å². The van der Waals surface area contributed by atoms with Crippen LogP contribution in [0.3, 0.4) is 0 Å². The Kier molecular flexibility index (Phi) is 3.74. The van der Waals surface area contributed by atoms with Gasteiger partial charge in [0.1, 0.15) is 0 Å². The molecule has 0 saturated carbocycles. The molecule has 0 aliphatic heterocycles. The fraction of sp³-hybridized carbons (Fsp3) is 0.312. The number of ketones is 1. The van der Waals surface area contributed by atoms with Crippen molar-refractivity contribution in [1.29, 1.82) is 0 Å². The number of aromatic nitrogens is 1. The smallest absolute Gasteiger partial charge is 0.158 e. The van der Waals surface area contributed by atoms with Crippen LogP contribution in [0.2, 0.25) is 0 Å². The summed E-state index contributed by atoms with van der Waals surface area (Å²) in [5, 5.41) is 4.32. The van der Waals surface area contributed by atoms with Gasteiger partial charge in [0.25, 0.3) is 0 Å². The zero-order chi connectivity index (χ0) is 14.0. The highest BCUT2D eigenvalue weighted by Crippen LogP contribution is 2.25. The molecule has 19 heavy (non-hydrogen) atoms. The molecule has 0 saturated heterocycles. The summed E-state index contributed by atoms with van der Waals surface area (Å²) in [7, 11) is 1.85. The van der Waals surface area contributed by atoms with E-state index in [9.17, 15) is 4.79 Å². The van der Waals surface area contributed by atoms with Crippen LogP contribution < -0.4 is 5.32 Å². The molecule has 0 fully saturated rings. The normalized spacial score (nSPS) is 12.7. The summed E-state index contributed by atoms with van der Waals surface area (Å²) in [6.07, 6.45) is 0. The highest BCUT2D eigenvalue weighted by molar-refractivity contribution is 6.01. The fourth-order valence-electron chi connectivity index (χ4n) is 2.49. The summed E-state index contributed by atoms with van der Waals surface area (Å²) in [6, 6.07) is 10.2. The minimum atomic E-state index is 0.109. The van der Waals surface area contributed by atoms with Crippen molar-refractivity contribution in [3.05, 3.63) is 41.6 Å². The first-order chi connectivity index (χ1) is 9.04. The molecule has 0 aliphatic rings. The first-order valence-electron chi connectivity index (χ1n) is 6.55. The van der Waals surface area contributed by atoms with E-state index in [1.54, 1.807) is 6.92 Å². The molecule has 0 bridgehead atoms. The topological polar surface area (TPSA) is 44.9 Å². The Morgan fingerprint density at radius 1 is 1.26 bits per heavy atom. The lowest BCUT2D eigenvalue weighted by Crippen LogP contribution is -2.16. The highest BCUT2D eigenvalue weighted by atomic mass is 16.1. The van der Waals surface area contributed by atoms with Gasteiger partial charge in [-0.2, -0.15) is 0 Å². The number of aromatic amines is 1. The molecule has 2 rings (SSSR count). The molecule has 1 heterocycles. The van der Waals surface area contributed by atoms with Crippen molar-refractivity contribution in [2.75, 3.05) is 7.05 Å². The van der Waals surface area contributed by atoms with E-state index in [-0.39, 0.29) is 11.7 Å². The number of Topliss-reactive ketones (excluding diaryl/α,β-unsaturated/α-hetero) is 1. The van der Waals surface area contributed by atoms with Crippen LogP contribution in [0.5, 0.6) is 0 Å². The van der Waals surface area contributed by atoms with Gasteiger partial charge in [0.05, 0.1) is 11.4 Å². The predicted molar refractivity (Wildman–Crippen MR) is 79.8 cm³/mol. The van der Waals surface area contributed by atoms with E-state index in [1.165, 1.54) is 0 Å². The lowest BCUT2D eigenvalue weighted by molar-refractivity contribution is -0.114. The van der Waals surface area contributed by atoms with Gasteiger partial charge in [0, 0.05) is 23.5 Å². The third kappa shape index (κ3) is 2.55. The van der Waals surface area contributed by atoms with E-state index in [0.29, 0.717) is 0 Å². The van der Waals surface area contributed by atoms with E-state index in [4.69, 9.17) is 0 Å². The van der Waals surface area contributed by atoms with Crippen LogP contribution in [0.4, 0.5) is 0 Å². The maximum absolute atomic E-state index is 11.9. The monoisotopic (exact) mass is 256 g/mol. The van der Waals surface area contributed by atoms with E-state index in [0.717, 1.165) is 27.9 Å². The van der Waals surface area contributed by atoms with Gasteiger partial charge >= 0.3 is 0 Å². The summed E-state index contributed by atoms with van der Waals surface area (Å²) in [4.78, 5) is 15.2. The molecule has 1 aromatic heterocycles. The molecule has 0 amide bonds. The molecule has 0 radical (unpaired) electrons. The molecule has 0 unspecified atom stereocenters. The van der Waals surface area contributed by atoms with Crippen molar-refractivity contribution in [1.82, 2.24) is 10.3 Å². The fourth-order valence-corrected chi connectivity index (χ4v) is 2.49. The van der Waals surface area contributed by atoms with Crippen molar-refractivity contribution in [2.45, 2.75) is 20.8 Å². The van der Waals surface area contributed by atoms with E-state index < -0.39 is 0 Å². The SMILES string of the molecule is CN/C(=C(\C(C)=O)C(C)C)c1cc2ccccc2[nH]1. The second kappa shape index (κ2) is 5.31. The summed E-state index contributed by atoms with van der Waals surface area (Å²) in [6.45, 7) is 5.70. The Labute approximate surface area is 113 Å². The summed E-state index contributed by atoms with van der Waals surface area (Å²) in [5.74, 6) is 0.296. The minimum absolute atomic E-state index is 0.109. The molecular formula is C16H20N2O. The Morgan fingerprint density at radius 2 is 1.95 bits per heavy atom. The number of benzene rings is 1. The molecule has 2 aromatic rings. The molecule has 1 aromatic carbocycles. The van der Waals surface area contributed by atoms with Crippen molar-refractivity contribution in [3.8, 4) is 0 Å². The van der Waals surface area contributed by atoms with Crippen molar-refractivity contribution < 1.29 is 4.79 Å². The van der Waals surface area contributed by atoms with E-state index >= 15 is 0 Å². The zero-order valence-corrected chi connectivity index (χ0v) is 11.9. The third-order valence-electron chi connectivity index (χ3n) is 3.28. The molecule has 2 N–H and O–H groups in total. The first-order valence-corrected chi connectivity index (χ1v) is 6.55. The van der Waals surface area contributed by atoms with Crippen LogP contribution in [-0.2, 0) is 4.79 Å². The molecule has 0 atom stereocenters. The highest BCUT2D eigenvalue weighted by Gasteiger charge is 2.17. The number of nitrogens with one attached hydrogen (secondary N) is 2. The number of hydrogen-bond donors (Lipinski definition) is 2. The van der Waals surface area contributed by atoms with Crippen molar-refractivity contribution >= 4 is 22.4 Å². The Balaban J connectivity index is 2.63. The minimum Gasteiger partial charge on any atom is -0.386 e. The van der Waals surface area contributed by atoms with Crippen molar-refractivity contribution in [3.63, 3.8) is 0 Å². The van der Waals surface area contributed by atoms with E-state index in [2.05, 4.69) is 22.4 Å². The molecular weight excluding hydrogens is 236 g/mol. The van der Waals surface area contributed by atoms with Crippen LogP contribution in [0, 0.1) is 5.92 Å². The summed E-state index contributed by atoms with van der Waals surface area (Å²) in [5.41, 5.74) is 3.76. The van der Waals surface area contributed by atoms with Gasteiger partial charge in [-0.05, 0) is 25.0 Å². The van der Waals surface area contributed by atoms with E-state index in [1.807, 2.05) is 39.1 Å². The number of carbonyl (C=O) groups excluding carboxylic acids is 1. The maximum atomic E-state index is 11.9. The quantitative estimate of drug-likeness (QED) is 0.824. The second-order valence-corrected chi connectivity index (χ2v) is 5.02. The standard InChI is InChI=1S/C16H20N2O/c1-10(2)15(11(3)19)16(17-4)14-9-12-7-5-6-8-13(12)18-14/h5-10,17-18H,1-4H3/b16-15-. The number of rotatable bonds is 4. The summed E-state index contributed by atoms with van der Waals surface area (Å²) >= 11 is 0. The molecule has 0 spiro atoms. The van der Waals surface area contributed by atoms with Gasteiger partial charge in [0.2, 0.25) is 0 Å². The van der Waals surface area contributed by atoms with Gasteiger partial charge in [-0.3, -0.25) is 4.79 Å². The van der Waals surface area contributed by atoms with Crippen LogP contribution in [0.15, 0.2) is 35.9 Å². The van der Waals surface area contributed by atoms with Gasteiger partial charge in [-0.25, -0.2) is 0 Å². The van der Waals surface area contributed by atoms with Gasteiger partial charge in [-0.15, -0.1) is 0 Å². The van der Waals surface area contributed by atoms with Crippen LogP contribution in [0.1, 0.15) is 26.5 Å².